The van der Waals surface area contributed by atoms with Crippen molar-refractivity contribution in [1.29, 1.82) is 5.26 Å². The van der Waals surface area contributed by atoms with Crippen LogP contribution in [0.4, 0.5) is 0 Å². The smallest absolute Gasteiger partial charge is 0.304 e. The number of esters is 1. The number of nitrogens with two attached hydrogens (primary N) is 1. The molecule has 0 aliphatic carbocycles. The lowest BCUT2D eigenvalue weighted by atomic mass is 10.1. The number of amides is 1. The van der Waals surface area contributed by atoms with Gasteiger partial charge in [0.2, 0.25) is 0 Å². The maximum Gasteiger partial charge on any atom is 0.304 e. The van der Waals surface area contributed by atoms with Crippen LogP contribution in [0.3, 0.4) is 0 Å². The van der Waals surface area contributed by atoms with E-state index >= 15 is 0 Å². The van der Waals surface area contributed by atoms with Crippen LogP contribution >= 0.6 is 0 Å². The average molecular weight is 156 g/mol. The fourth-order valence-electron chi connectivity index (χ4n) is 0.416. The van der Waals surface area contributed by atoms with Crippen LogP contribution in [-0.2, 0) is 14.3 Å². The van der Waals surface area contributed by atoms with E-state index in [1.54, 1.807) is 0 Å². The van der Waals surface area contributed by atoms with Gasteiger partial charge in [-0.15, -0.1) is 0 Å². The predicted molar refractivity (Wildman–Crippen MR) is 35.0 cm³/mol. The zero-order valence-electron chi connectivity index (χ0n) is 6.25. The molecule has 5 heteroatoms. The Hall–Kier alpha value is -1.57. The lowest BCUT2D eigenvalue weighted by Crippen LogP contribution is -2.43. The molecule has 11 heavy (non-hydrogen) atoms. The van der Waals surface area contributed by atoms with Gasteiger partial charge >= 0.3 is 5.97 Å². The Morgan fingerprint density at radius 3 is 2.18 bits per heavy atom. The van der Waals surface area contributed by atoms with Crippen molar-refractivity contribution in [1.82, 2.24) is 0 Å². The molecule has 0 aromatic carbocycles. The maximum absolute atomic E-state index is 10.5. The van der Waals surface area contributed by atoms with Gasteiger partial charge in [-0.05, 0) is 6.92 Å². The van der Waals surface area contributed by atoms with E-state index in [9.17, 15) is 9.59 Å². The highest BCUT2D eigenvalue weighted by Crippen LogP contribution is 2.07. The molecule has 5 nitrogen and oxygen atoms in total. The second kappa shape index (κ2) is 3.01. The van der Waals surface area contributed by atoms with E-state index in [0.29, 0.717) is 0 Å². The third-order valence-corrected chi connectivity index (χ3v) is 1.03. The highest BCUT2D eigenvalue weighted by Gasteiger charge is 2.34. The second-order valence-electron chi connectivity index (χ2n) is 2.10. The zero-order valence-corrected chi connectivity index (χ0v) is 6.25. The summed E-state index contributed by atoms with van der Waals surface area (Å²) in [7, 11) is 0. The summed E-state index contributed by atoms with van der Waals surface area (Å²) in [5.74, 6) is -1.69. The van der Waals surface area contributed by atoms with E-state index in [-0.39, 0.29) is 0 Å². The van der Waals surface area contributed by atoms with Gasteiger partial charge in [-0.1, -0.05) is 0 Å². The summed E-state index contributed by atoms with van der Waals surface area (Å²) in [4.78, 5) is 20.9. The molecular formula is C6H8N2O3. The van der Waals surface area contributed by atoms with E-state index in [1.807, 2.05) is 0 Å². The molecule has 0 heterocycles. The van der Waals surface area contributed by atoms with E-state index < -0.39 is 17.5 Å². The van der Waals surface area contributed by atoms with Crippen molar-refractivity contribution in [3.8, 4) is 6.07 Å². The number of carbonyl (C=O) groups is 2. The van der Waals surface area contributed by atoms with Gasteiger partial charge in [0.15, 0.2) is 0 Å². The number of hydrogen-bond acceptors (Lipinski definition) is 4. The third-order valence-electron chi connectivity index (χ3n) is 1.03. The predicted octanol–water partition coefficient (Wildman–Crippen LogP) is -0.683. The zero-order chi connectivity index (χ0) is 9.07. The Labute approximate surface area is 63.7 Å². The fraction of sp³-hybridized carbons (Fsp3) is 0.500. The van der Waals surface area contributed by atoms with Crippen LogP contribution in [-0.4, -0.2) is 17.5 Å². The topological polar surface area (TPSA) is 93.2 Å². The number of hydrogen-bond donors (Lipinski definition) is 1. The molecule has 0 aromatic heterocycles. The number of carbonyl (C=O) groups excluding carboxylic acids is 2. The molecule has 1 unspecified atom stereocenters. The van der Waals surface area contributed by atoms with Gasteiger partial charge < -0.3 is 10.5 Å². The van der Waals surface area contributed by atoms with Crippen LogP contribution in [0.2, 0.25) is 0 Å². The minimum absolute atomic E-state index is 0.715. The quantitative estimate of drug-likeness (QED) is 0.536. The van der Waals surface area contributed by atoms with Crippen molar-refractivity contribution in [2.24, 2.45) is 5.73 Å². The number of nitriles is 1. The van der Waals surface area contributed by atoms with Crippen molar-refractivity contribution in [2.45, 2.75) is 19.4 Å². The fourth-order valence-corrected chi connectivity index (χ4v) is 0.416. The van der Waals surface area contributed by atoms with Gasteiger partial charge in [0.05, 0.1) is 0 Å². The molecule has 0 radical (unpaired) electrons. The second-order valence-corrected chi connectivity index (χ2v) is 2.10. The molecule has 0 bridgehead atoms. The average Bonchev–Trinajstić information content (AvgIpc) is 1.86. The van der Waals surface area contributed by atoms with E-state index in [1.165, 1.54) is 6.07 Å². The SMILES string of the molecule is CC(=O)OC(C)(C#N)C(N)=O. The van der Waals surface area contributed by atoms with Crippen LogP contribution in [0.5, 0.6) is 0 Å². The Bertz CT molecular complexity index is 230. The van der Waals surface area contributed by atoms with Crippen molar-refractivity contribution in [2.75, 3.05) is 0 Å². The van der Waals surface area contributed by atoms with Gasteiger partial charge in [0, 0.05) is 6.92 Å². The monoisotopic (exact) mass is 156 g/mol. The Morgan fingerprint density at radius 2 is 2.09 bits per heavy atom. The molecule has 0 aromatic rings. The molecule has 1 atom stereocenters. The highest BCUT2D eigenvalue weighted by atomic mass is 16.6. The van der Waals surface area contributed by atoms with Gasteiger partial charge in [0.1, 0.15) is 6.07 Å². The first kappa shape index (κ1) is 9.43. The minimum atomic E-state index is -1.84. The molecule has 0 aliphatic rings. The number of ether oxygens (including phenoxy) is 1. The molecule has 0 fully saturated rings. The first-order valence-corrected chi connectivity index (χ1v) is 2.83. The summed E-state index contributed by atoms with van der Waals surface area (Å²) in [6.45, 7) is 2.23. The maximum atomic E-state index is 10.5. The molecule has 0 saturated carbocycles. The van der Waals surface area contributed by atoms with Crippen molar-refractivity contribution >= 4 is 11.9 Å². The van der Waals surface area contributed by atoms with Crippen LogP contribution in [0.1, 0.15) is 13.8 Å². The number of rotatable bonds is 2. The first-order chi connectivity index (χ1) is 4.92. The Kier molecular flexibility index (Phi) is 2.58. The van der Waals surface area contributed by atoms with Gasteiger partial charge in [-0.3, -0.25) is 9.59 Å². The van der Waals surface area contributed by atoms with E-state index in [2.05, 4.69) is 4.74 Å². The molecule has 1 amide bonds. The molecule has 0 rings (SSSR count). The Balaban J connectivity index is 4.51. The highest BCUT2D eigenvalue weighted by molar-refractivity contribution is 5.88. The molecule has 2 N–H and O–H groups in total. The van der Waals surface area contributed by atoms with E-state index in [0.717, 1.165) is 13.8 Å². The molecule has 0 aliphatic heterocycles. The normalized spacial score (nSPS) is 14.3. The molecular weight excluding hydrogens is 148 g/mol. The van der Waals surface area contributed by atoms with Gasteiger partial charge in [0.25, 0.3) is 11.5 Å². The molecule has 0 saturated heterocycles. The first-order valence-electron chi connectivity index (χ1n) is 2.83. The Morgan fingerprint density at radius 1 is 1.64 bits per heavy atom. The van der Waals surface area contributed by atoms with E-state index in [4.69, 9.17) is 11.0 Å². The van der Waals surface area contributed by atoms with Crippen LogP contribution < -0.4 is 5.73 Å². The van der Waals surface area contributed by atoms with Gasteiger partial charge in [-0.2, -0.15) is 5.26 Å². The van der Waals surface area contributed by atoms with Crippen LogP contribution in [0, 0.1) is 11.3 Å². The van der Waals surface area contributed by atoms with Crippen molar-refractivity contribution < 1.29 is 14.3 Å². The summed E-state index contributed by atoms with van der Waals surface area (Å²) >= 11 is 0. The molecule has 0 spiro atoms. The van der Waals surface area contributed by atoms with Crippen molar-refractivity contribution in [3.63, 3.8) is 0 Å². The lowest BCUT2D eigenvalue weighted by molar-refractivity contribution is -0.157. The van der Waals surface area contributed by atoms with Gasteiger partial charge in [-0.25, -0.2) is 0 Å². The summed E-state index contributed by atoms with van der Waals surface area (Å²) in [6, 6.07) is 1.49. The minimum Gasteiger partial charge on any atom is -0.434 e. The summed E-state index contributed by atoms with van der Waals surface area (Å²) in [5.41, 5.74) is 2.95. The largest absolute Gasteiger partial charge is 0.434 e. The third kappa shape index (κ3) is 2.26. The summed E-state index contributed by atoms with van der Waals surface area (Å²) in [5, 5.41) is 8.38. The molecule has 60 valence electrons. The number of nitrogens with zero attached hydrogens (tertiary/aromatic N) is 1. The van der Waals surface area contributed by atoms with Crippen LogP contribution in [0.15, 0.2) is 0 Å². The number of primary amides is 1. The standard InChI is InChI=1S/C6H8N2O3/c1-4(9)11-6(2,3-7)5(8)10/h1-2H3,(H2,8,10). The lowest BCUT2D eigenvalue weighted by Gasteiger charge is -2.16. The summed E-state index contributed by atoms with van der Waals surface area (Å²) < 4.78 is 4.37. The summed E-state index contributed by atoms with van der Waals surface area (Å²) in [6.07, 6.45) is 0. The van der Waals surface area contributed by atoms with Crippen LogP contribution in [0.25, 0.3) is 0 Å². The van der Waals surface area contributed by atoms with Crippen molar-refractivity contribution in [3.05, 3.63) is 0 Å².